The van der Waals surface area contributed by atoms with Crippen molar-refractivity contribution in [2.45, 2.75) is 25.6 Å². The van der Waals surface area contributed by atoms with Gasteiger partial charge >= 0.3 is 0 Å². The zero-order valence-electron chi connectivity index (χ0n) is 10.1. The third kappa shape index (κ3) is 4.18. The SMILES string of the molecule is CC(=O)NCCC(O)C(O)c1cc(Cl)ccc1N. The summed E-state index contributed by atoms with van der Waals surface area (Å²) < 4.78 is 0. The summed E-state index contributed by atoms with van der Waals surface area (Å²) in [5.41, 5.74) is 6.46. The number of carbonyl (C=O) groups is 1. The number of aliphatic hydroxyl groups is 2. The molecule has 0 spiro atoms. The molecule has 0 aliphatic rings. The van der Waals surface area contributed by atoms with E-state index < -0.39 is 12.2 Å². The fourth-order valence-corrected chi connectivity index (χ4v) is 1.74. The van der Waals surface area contributed by atoms with Gasteiger partial charge < -0.3 is 21.3 Å². The molecule has 1 aromatic carbocycles. The second-order valence-corrected chi connectivity index (χ2v) is 4.49. The number of benzene rings is 1. The minimum Gasteiger partial charge on any atom is -0.398 e. The molecule has 1 rings (SSSR count). The van der Waals surface area contributed by atoms with Crippen LogP contribution in [0.25, 0.3) is 0 Å². The van der Waals surface area contributed by atoms with Crippen LogP contribution in [-0.4, -0.2) is 28.8 Å². The van der Waals surface area contributed by atoms with Crippen molar-refractivity contribution in [2.24, 2.45) is 0 Å². The highest BCUT2D eigenvalue weighted by molar-refractivity contribution is 6.30. The molecule has 0 aliphatic carbocycles. The minimum absolute atomic E-state index is 0.182. The summed E-state index contributed by atoms with van der Waals surface area (Å²) in [5, 5.41) is 22.7. The van der Waals surface area contributed by atoms with Crippen molar-refractivity contribution >= 4 is 23.2 Å². The molecule has 2 unspecified atom stereocenters. The van der Waals surface area contributed by atoms with Crippen LogP contribution in [0.15, 0.2) is 18.2 Å². The highest BCUT2D eigenvalue weighted by Crippen LogP contribution is 2.27. The van der Waals surface area contributed by atoms with E-state index in [0.29, 0.717) is 16.3 Å². The Morgan fingerprint density at radius 1 is 1.50 bits per heavy atom. The second-order valence-electron chi connectivity index (χ2n) is 4.06. The highest BCUT2D eigenvalue weighted by atomic mass is 35.5. The summed E-state index contributed by atoms with van der Waals surface area (Å²) in [5.74, 6) is -0.182. The molecular weight excluding hydrogens is 256 g/mol. The number of carbonyl (C=O) groups excluding carboxylic acids is 1. The topological polar surface area (TPSA) is 95.6 Å². The average molecular weight is 273 g/mol. The number of nitrogens with two attached hydrogens (primary N) is 1. The molecule has 0 bridgehead atoms. The van der Waals surface area contributed by atoms with Crippen LogP contribution in [0.1, 0.15) is 25.0 Å². The Bertz CT molecular complexity index is 426. The van der Waals surface area contributed by atoms with Gasteiger partial charge in [0.25, 0.3) is 0 Å². The van der Waals surface area contributed by atoms with Gasteiger partial charge in [-0.15, -0.1) is 0 Å². The Morgan fingerprint density at radius 3 is 2.78 bits per heavy atom. The normalized spacial score (nSPS) is 14.0. The van der Waals surface area contributed by atoms with E-state index in [1.807, 2.05) is 0 Å². The van der Waals surface area contributed by atoms with E-state index >= 15 is 0 Å². The molecule has 0 heterocycles. The molecule has 0 aliphatic heterocycles. The van der Waals surface area contributed by atoms with Crippen molar-refractivity contribution in [1.82, 2.24) is 5.32 Å². The quantitative estimate of drug-likeness (QED) is 0.598. The fraction of sp³-hybridized carbons (Fsp3) is 0.417. The lowest BCUT2D eigenvalue weighted by molar-refractivity contribution is -0.119. The number of hydrogen-bond donors (Lipinski definition) is 4. The van der Waals surface area contributed by atoms with Crippen LogP contribution in [0.2, 0.25) is 5.02 Å². The Hall–Kier alpha value is -1.30. The number of halogens is 1. The summed E-state index contributed by atoms with van der Waals surface area (Å²) >= 11 is 5.81. The van der Waals surface area contributed by atoms with E-state index in [9.17, 15) is 15.0 Å². The molecule has 100 valence electrons. The maximum Gasteiger partial charge on any atom is 0.216 e. The molecule has 18 heavy (non-hydrogen) atoms. The maximum absolute atomic E-state index is 10.7. The van der Waals surface area contributed by atoms with Crippen molar-refractivity contribution in [3.05, 3.63) is 28.8 Å². The van der Waals surface area contributed by atoms with Crippen LogP contribution < -0.4 is 11.1 Å². The van der Waals surface area contributed by atoms with Gasteiger partial charge in [0, 0.05) is 29.7 Å². The third-order valence-corrected chi connectivity index (χ3v) is 2.78. The van der Waals surface area contributed by atoms with Gasteiger partial charge in [0.2, 0.25) is 5.91 Å². The minimum atomic E-state index is -1.13. The van der Waals surface area contributed by atoms with E-state index in [4.69, 9.17) is 17.3 Å². The third-order valence-electron chi connectivity index (χ3n) is 2.55. The Kier molecular flexibility index (Phi) is 5.40. The van der Waals surface area contributed by atoms with E-state index in [1.54, 1.807) is 12.1 Å². The number of aliphatic hydroxyl groups excluding tert-OH is 2. The van der Waals surface area contributed by atoms with Gasteiger partial charge in [-0.25, -0.2) is 0 Å². The van der Waals surface area contributed by atoms with Crippen molar-refractivity contribution < 1.29 is 15.0 Å². The second kappa shape index (κ2) is 6.58. The number of rotatable bonds is 5. The smallest absolute Gasteiger partial charge is 0.216 e. The zero-order valence-corrected chi connectivity index (χ0v) is 10.8. The number of anilines is 1. The molecule has 6 heteroatoms. The van der Waals surface area contributed by atoms with Crippen LogP contribution >= 0.6 is 11.6 Å². The lowest BCUT2D eigenvalue weighted by Crippen LogP contribution is -2.28. The summed E-state index contributed by atoms with van der Waals surface area (Å²) in [4.78, 5) is 10.7. The predicted molar refractivity (Wildman–Crippen MR) is 70.1 cm³/mol. The molecule has 0 saturated heterocycles. The molecular formula is C12H17ClN2O3. The molecule has 5 nitrogen and oxygen atoms in total. The van der Waals surface area contributed by atoms with Gasteiger partial charge in [0.15, 0.2) is 0 Å². The van der Waals surface area contributed by atoms with Crippen molar-refractivity contribution in [2.75, 3.05) is 12.3 Å². The summed E-state index contributed by atoms with van der Waals surface area (Å²) in [6, 6.07) is 4.70. The van der Waals surface area contributed by atoms with Crippen molar-refractivity contribution in [1.29, 1.82) is 0 Å². The Labute approximate surface area is 111 Å². The van der Waals surface area contributed by atoms with Crippen LogP contribution in [0.4, 0.5) is 5.69 Å². The zero-order chi connectivity index (χ0) is 13.7. The van der Waals surface area contributed by atoms with Gasteiger partial charge in [-0.3, -0.25) is 4.79 Å². The first-order valence-corrected chi connectivity index (χ1v) is 5.95. The fourth-order valence-electron chi connectivity index (χ4n) is 1.56. The maximum atomic E-state index is 10.7. The lowest BCUT2D eigenvalue weighted by Gasteiger charge is -2.19. The van der Waals surface area contributed by atoms with Crippen LogP contribution in [0.3, 0.4) is 0 Å². The van der Waals surface area contributed by atoms with Crippen molar-refractivity contribution in [3.63, 3.8) is 0 Å². The first kappa shape index (κ1) is 14.8. The molecule has 0 saturated carbocycles. The van der Waals surface area contributed by atoms with Gasteiger partial charge in [-0.05, 0) is 24.6 Å². The average Bonchev–Trinajstić information content (AvgIpc) is 2.30. The molecule has 1 amide bonds. The molecule has 0 fully saturated rings. The molecule has 2 atom stereocenters. The number of hydrogen-bond acceptors (Lipinski definition) is 4. The van der Waals surface area contributed by atoms with Gasteiger partial charge in [0.05, 0.1) is 6.10 Å². The van der Waals surface area contributed by atoms with E-state index in [2.05, 4.69) is 5.32 Å². The van der Waals surface area contributed by atoms with Gasteiger partial charge in [-0.1, -0.05) is 11.6 Å². The highest BCUT2D eigenvalue weighted by Gasteiger charge is 2.20. The van der Waals surface area contributed by atoms with Gasteiger partial charge in [-0.2, -0.15) is 0 Å². The molecule has 0 aromatic heterocycles. The van der Waals surface area contributed by atoms with Crippen LogP contribution in [0, 0.1) is 0 Å². The van der Waals surface area contributed by atoms with E-state index in [1.165, 1.54) is 13.0 Å². The first-order chi connectivity index (χ1) is 8.41. The van der Waals surface area contributed by atoms with Gasteiger partial charge in [0.1, 0.15) is 6.10 Å². The van der Waals surface area contributed by atoms with E-state index in [-0.39, 0.29) is 18.9 Å². The first-order valence-electron chi connectivity index (χ1n) is 5.57. The molecule has 0 radical (unpaired) electrons. The molecule has 1 aromatic rings. The Morgan fingerprint density at radius 2 is 2.17 bits per heavy atom. The summed E-state index contributed by atoms with van der Waals surface area (Å²) in [6.45, 7) is 1.67. The number of nitrogen functional groups attached to an aromatic ring is 1. The molecule has 5 N–H and O–H groups in total. The van der Waals surface area contributed by atoms with Crippen LogP contribution in [0.5, 0.6) is 0 Å². The standard InChI is InChI=1S/C12H17ClN2O3/c1-7(16)15-5-4-11(17)12(18)9-6-8(13)2-3-10(9)14/h2-3,6,11-12,17-18H,4-5,14H2,1H3,(H,15,16). The predicted octanol–water partition coefficient (Wildman–Crippen LogP) is 0.843. The number of nitrogens with one attached hydrogen (secondary N) is 1. The number of amides is 1. The summed E-state index contributed by atoms with van der Waals surface area (Å²) in [6.07, 6.45) is -1.91. The van der Waals surface area contributed by atoms with Crippen molar-refractivity contribution in [3.8, 4) is 0 Å². The van der Waals surface area contributed by atoms with Crippen LogP contribution in [-0.2, 0) is 4.79 Å². The monoisotopic (exact) mass is 272 g/mol. The van der Waals surface area contributed by atoms with E-state index in [0.717, 1.165) is 0 Å². The summed E-state index contributed by atoms with van der Waals surface area (Å²) in [7, 11) is 0. The largest absolute Gasteiger partial charge is 0.398 e. The Balaban J connectivity index is 2.64. The lowest BCUT2D eigenvalue weighted by atomic mass is 10.0.